The number of aromatic nitrogens is 3. The van der Waals surface area contributed by atoms with Crippen LogP contribution in [0, 0.1) is 12.7 Å². The van der Waals surface area contributed by atoms with E-state index in [0.29, 0.717) is 30.0 Å². The standard InChI is InChI=1S/C24H32FN5O2/c1-15-21-16(12-30-14-23(2,3)29(8-9-31)13-24(30,4)5)10-20(26-22(21)28-27-15)18-7-6-17(32)11-19(18)25/h6-7,10-11,31-32H,8-9,12-14H2,1-5H3,(H,26,27,28). The van der Waals surface area contributed by atoms with Crippen LogP contribution in [0.3, 0.4) is 0 Å². The number of nitrogens with zero attached hydrogens (tertiary/aromatic N) is 4. The topological polar surface area (TPSA) is 88.5 Å². The van der Waals surface area contributed by atoms with Crippen molar-refractivity contribution in [3.8, 4) is 17.0 Å². The summed E-state index contributed by atoms with van der Waals surface area (Å²) >= 11 is 0. The summed E-state index contributed by atoms with van der Waals surface area (Å²) in [6.45, 7) is 13.9. The van der Waals surface area contributed by atoms with Crippen molar-refractivity contribution in [2.45, 2.75) is 52.2 Å². The smallest absolute Gasteiger partial charge is 0.156 e. The van der Waals surface area contributed by atoms with Crippen LogP contribution in [0.25, 0.3) is 22.3 Å². The van der Waals surface area contributed by atoms with E-state index in [4.69, 9.17) is 0 Å². The van der Waals surface area contributed by atoms with E-state index in [1.54, 1.807) is 6.07 Å². The van der Waals surface area contributed by atoms with Gasteiger partial charge in [0.05, 0.1) is 18.0 Å². The Bertz CT molecular complexity index is 1140. The number of phenolic OH excluding ortho intramolecular Hbond substituents is 1. The summed E-state index contributed by atoms with van der Waals surface area (Å²) in [5.41, 5.74) is 3.14. The monoisotopic (exact) mass is 441 g/mol. The number of aromatic amines is 1. The molecule has 4 rings (SSSR count). The number of fused-ring (bicyclic) bond motifs is 1. The minimum Gasteiger partial charge on any atom is -0.508 e. The molecule has 0 amide bonds. The predicted molar refractivity (Wildman–Crippen MR) is 123 cm³/mol. The highest BCUT2D eigenvalue weighted by atomic mass is 19.1. The lowest BCUT2D eigenvalue weighted by Crippen LogP contribution is -2.67. The minimum atomic E-state index is -0.516. The van der Waals surface area contributed by atoms with Crippen LogP contribution < -0.4 is 0 Å². The number of hydrogen-bond acceptors (Lipinski definition) is 6. The largest absolute Gasteiger partial charge is 0.508 e. The van der Waals surface area contributed by atoms with Gasteiger partial charge in [0.25, 0.3) is 0 Å². The van der Waals surface area contributed by atoms with Crippen LogP contribution in [0.4, 0.5) is 4.39 Å². The van der Waals surface area contributed by atoms with Crippen LogP contribution in [0.5, 0.6) is 5.75 Å². The number of aliphatic hydroxyl groups is 1. The van der Waals surface area contributed by atoms with Gasteiger partial charge in [-0.2, -0.15) is 5.10 Å². The van der Waals surface area contributed by atoms with Gasteiger partial charge in [-0.3, -0.25) is 14.9 Å². The maximum atomic E-state index is 14.6. The number of aliphatic hydroxyl groups excluding tert-OH is 1. The highest BCUT2D eigenvalue weighted by Crippen LogP contribution is 2.35. The lowest BCUT2D eigenvalue weighted by atomic mass is 9.88. The Morgan fingerprint density at radius 2 is 1.78 bits per heavy atom. The summed E-state index contributed by atoms with van der Waals surface area (Å²) in [5, 5.41) is 27.4. The average Bonchev–Trinajstić information content (AvgIpc) is 3.07. The van der Waals surface area contributed by atoms with Crippen molar-refractivity contribution in [2.75, 3.05) is 26.2 Å². The molecule has 3 N–H and O–H groups in total. The van der Waals surface area contributed by atoms with Gasteiger partial charge in [0.1, 0.15) is 11.6 Å². The highest BCUT2D eigenvalue weighted by molar-refractivity contribution is 5.84. The molecular formula is C24H32FN5O2. The van der Waals surface area contributed by atoms with Crippen molar-refractivity contribution in [3.63, 3.8) is 0 Å². The number of nitrogens with one attached hydrogen (secondary N) is 1. The Morgan fingerprint density at radius 1 is 1.09 bits per heavy atom. The molecule has 0 unspecified atom stereocenters. The fraction of sp³-hybridized carbons (Fsp3) is 0.500. The summed E-state index contributed by atoms with van der Waals surface area (Å²) in [6.07, 6.45) is 0. The highest BCUT2D eigenvalue weighted by Gasteiger charge is 2.42. The minimum absolute atomic E-state index is 0.0955. The molecule has 0 spiro atoms. The van der Waals surface area contributed by atoms with E-state index >= 15 is 0 Å². The van der Waals surface area contributed by atoms with Gasteiger partial charge >= 0.3 is 0 Å². The number of pyridine rings is 1. The van der Waals surface area contributed by atoms with E-state index in [1.165, 1.54) is 6.07 Å². The Labute approximate surface area is 187 Å². The lowest BCUT2D eigenvalue weighted by molar-refractivity contribution is -0.0647. The van der Waals surface area contributed by atoms with Crippen LogP contribution in [0.15, 0.2) is 24.3 Å². The number of rotatable bonds is 5. The van der Waals surface area contributed by atoms with E-state index in [9.17, 15) is 14.6 Å². The number of aryl methyl sites for hydroxylation is 1. The molecule has 3 aromatic rings. The number of piperazine rings is 1. The summed E-state index contributed by atoms with van der Waals surface area (Å²) in [5.74, 6) is -0.632. The van der Waals surface area contributed by atoms with E-state index in [-0.39, 0.29) is 23.4 Å². The average molecular weight is 442 g/mol. The summed E-state index contributed by atoms with van der Waals surface area (Å²) in [4.78, 5) is 9.40. The SMILES string of the molecule is Cc1n[nH]c2nc(-c3ccc(O)cc3F)cc(CN3CC(C)(C)N(CCO)CC3(C)C)c12. The molecule has 1 aromatic carbocycles. The van der Waals surface area contributed by atoms with Crippen molar-refractivity contribution < 1.29 is 14.6 Å². The van der Waals surface area contributed by atoms with Gasteiger partial charge in [-0.25, -0.2) is 9.37 Å². The van der Waals surface area contributed by atoms with Crippen molar-refractivity contribution in [1.29, 1.82) is 0 Å². The van der Waals surface area contributed by atoms with Gasteiger partial charge in [-0.15, -0.1) is 0 Å². The van der Waals surface area contributed by atoms with E-state index in [2.05, 4.69) is 52.7 Å². The van der Waals surface area contributed by atoms with Gasteiger partial charge in [0, 0.05) is 54.3 Å². The first-order valence-electron chi connectivity index (χ1n) is 11.0. The molecule has 32 heavy (non-hydrogen) atoms. The Kier molecular flexibility index (Phi) is 5.73. The molecule has 1 saturated heterocycles. The van der Waals surface area contributed by atoms with E-state index < -0.39 is 5.82 Å². The van der Waals surface area contributed by atoms with Gasteiger partial charge in [0.15, 0.2) is 5.65 Å². The second-order valence-corrected chi connectivity index (χ2v) is 9.99. The molecule has 8 heteroatoms. The maximum absolute atomic E-state index is 14.6. The molecular weight excluding hydrogens is 409 g/mol. The first kappa shape index (κ1) is 22.6. The molecule has 172 valence electrons. The Balaban J connectivity index is 1.76. The lowest BCUT2D eigenvalue weighted by Gasteiger charge is -2.55. The second-order valence-electron chi connectivity index (χ2n) is 9.99. The van der Waals surface area contributed by atoms with Gasteiger partial charge in [-0.05, 0) is 58.4 Å². The zero-order valence-electron chi connectivity index (χ0n) is 19.4. The van der Waals surface area contributed by atoms with Crippen LogP contribution in [0.1, 0.15) is 39.0 Å². The zero-order valence-corrected chi connectivity index (χ0v) is 19.4. The van der Waals surface area contributed by atoms with Gasteiger partial charge < -0.3 is 10.2 Å². The third-order valence-corrected chi connectivity index (χ3v) is 6.62. The van der Waals surface area contributed by atoms with Crippen molar-refractivity contribution in [1.82, 2.24) is 25.0 Å². The fourth-order valence-electron chi connectivity index (χ4n) is 4.79. The summed E-state index contributed by atoms with van der Waals surface area (Å²) < 4.78 is 14.6. The molecule has 2 aromatic heterocycles. The summed E-state index contributed by atoms with van der Waals surface area (Å²) in [7, 11) is 0. The van der Waals surface area contributed by atoms with Crippen molar-refractivity contribution >= 4 is 11.0 Å². The molecule has 0 aliphatic carbocycles. The zero-order chi connectivity index (χ0) is 23.3. The summed E-state index contributed by atoms with van der Waals surface area (Å²) in [6, 6.07) is 6.05. The number of phenols is 1. The van der Waals surface area contributed by atoms with E-state index in [0.717, 1.165) is 35.8 Å². The molecule has 0 radical (unpaired) electrons. The first-order valence-corrected chi connectivity index (χ1v) is 11.0. The molecule has 3 heterocycles. The van der Waals surface area contributed by atoms with Crippen molar-refractivity contribution in [2.24, 2.45) is 0 Å². The van der Waals surface area contributed by atoms with Crippen LogP contribution in [0.2, 0.25) is 0 Å². The second kappa shape index (κ2) is 8.10. The quantitative estimate of drug-likeness (QED) is 0.562. The molecule has 7 nitrogen and oxygen atoms in total. The number of hydrogen-bond donors (Lipinski definition) is 3. The van der Waals surface area contributed by atoms with E-state index in [1.807, 2.05) is 13.0 Å². The fourth-order valence-corrected chi connectivity index (χ4v) is 4.79. The Hall–Kier alpha value is -2.55. The van der Waals surface area contributed by atoms with Crippen LogP contribution in [-0.4, -0.2) is 72.5 Å². The molecule has 1 fully saturated rings. The number of halogens is 1. The van der Waals surface area contributed by atoms with Crippen molar-refractivity contribution in [3.05, 3.63) is 41.3 Å². The molecule has 1 aliphatic rings. The first-order chi connectivity index (χ1) is 15.0. The number of H-pyrrole nitrogens is 1. The van der Waals surface area contributed by atoms with Crippen LogP contribution in [-0.2, 0) is 6.54 Å². The number of benzene rings is 1. The van der Waals surface area contributed by atoms with Crippen LogP contribution >= 0.6 is 0 Å². The molecule has 0 saturated carbocycles. The number of β-amino-alcohol motifs (C(OH)–C–C–N with tert-alkyl or cyclic N) is 1. The number of aromatic hydroxyl groups is 1. The third kappa shape index (κ3) is 4.10. The molecule has 0 bridgehead atoms. The normalized spacial score (nSPS) is 19.0. The third-order valence-electron chi connectivity index (χ3n) is 6.62. The molecule has 0 atom stereocenters. The molecule has 1 aliphatic heterocycles. The maximum Gasteiger partial charge on any atom is 0.156 e. The Morgan fingerprint density at radius 3 is 2.47 bits per heavy atom. The van der Waals surface area contributed by atoms with Gasteiger partial charge in [-0.1, -0.05) is 0 Å². The van der Waals surface area contributed by atoms with Gasteiger partial charge in [0.2, 0.25) is 0 Å². The predicted octanol–water partition coefficient (Wildman–Crippen LogP) is 3.45.